The molecule has 0 aliphatic carbocycles. The van der Waals surface area contributed by atoms with E-state index in [4.69, 9.17) is 4.74 Å². The fourth-order valence-corrected chi connectivity index (χ4v) is 5.03. The molecule has 0 unspecified atom stereocenters. The van der Waals surface area contributed by atoms with E-state index in [0.717, 1.165) is 31.4 Å². The molecule has 0 bridgehead atoms. The van der Waals surface area contributed by atoms with Gasteiger partial charge in [0.25, 0.3) is 11.8 Å². The minimum Gasteiger partial charge on any atom is -0.479 e. The third-order valence-electron chi connectivity index (χ3n) is 6.79. The molecule has 35 heavy (non-hydrogen) atoms. The number of benzene rings is 1. The molecule has 3 rings (SSSR count). The van der Waals surface area contributed by atoms with Gasteiger partial charge in [0.15, 0.2) is 6.10 Å². The Labute approximate surface area is 208 Å². The van der Waals surface area contributed by atoms with Crippen LogP contribution in [0, 0.1) is 0 Å². The van der Waals surface area contributed by atoms with Crippen LogP contribution in [0.3, 0.4) is 0 Å². The van der Waals surface area contributed by atoms with Gasteiger partial charge in [-0.2, -0.15) is 0 Å². The summed E-state index contributed by atoms with van der Waals surface area (Å²) in [5.74, 6) is 0.363. The maximum atomic E-state index is 14.0. The fourth-order valence-electron chi connectivity index (χ4n) is 5.03. The van der Waals surface area contributed by atoms with E-state index < -0.39 is 12.2 Å². The highest BCUT2D eigenvalue weighted by atomic mass is 16.5. The highest BCUT2D eigenvalue weighted by Gasteiger charge is 2.36. The molecule has 0 radical (unpaired) electrons. The van der Waals surface area contributed by atoms with Crippen molar-refractivity contribution < 1.29 is 24.2 Å². The van der Waals surface area contributed by atoms with Crippen LogP contribution < -0.4 is 15.0 Å². The van der Waals surface area contributed by atoms with Crippen LogP contribution in [-0.4, -0.2) is 83.7 Å². The Kier molecular flexibility index (Phi) is 8.99. The van der Waals surface area contributed by atoms with Gasteiger partial charge in [-0.25, -0.2) is 4.79 Å². The van der Waals surface area contributed by atoms with Crippen LogP contribution in [0.15, 0.2) is 12.1 Å². The van der Waals surface area contributed by atoms with Crippen molar-refractivity contribution in [2.24, 2.45) is 0 Å². The van der Waals surface area contributed by atoms with Gasteiger partial charge in [-0.1, -0.05) is 13.8 Å². The van der Waals surface area contributed by atoms with Gasteiger partial charge >= 0.3 is 6.09 Å². The van der Waals surface area contributed by atoms with Crippen molar-refractivity contribution in [3.8, 4) is 5.75 Å². The number of carbonyl (C=O) groups excluding carboxylic acids is 2. The van der Waals surface area contributed by atoms with Crippen LogP contribution in [0.2, 0.25) is 0 Å². The zero-order valence-electron chi connectivity index (χ0n) is 21.7. The highest BCUT2D eigenvalue weighted by Crippen LogP contribution is 2.37. The number of hydrogen-bond donors (Lipinski definition) is 2. The molecule has 0 spiro atoms. The van der Waals surface area contributed by atoms with Crippen LogP contribution in [-0.2, 0) is 11.2 Å². The van der Waals surface area contributed by atoms with Crippen molar-refractivity contribution in [3.05, 3.63) is 23.3 Å². The summed E-state index contributed by atoms with van der Waals surface area (Å²) in [5, 5.41) is 12.8. The number of nitrogens with one attached hydrogen (secondary N) is 1. The minimum atomic E-state index is -0.953. The second kappa shape index (κ2) is 11.7. The molecule has 2 N–H and O–H groups in total. The summed E-state index contributed by atoms with van der Waals surface area (Å²) in [7, 11) is 0. The van der Waals surface area contributed by atoms with Gasteiger partial charge in [0.2, 0.25) is 0 Å². The van der Waals surface area contributed by atoms with Crippen molar-refractivity contribution in [2.45, 2.75) is 78.5 Å². The molecule has 2 heterocycles. The molecule has 2 aliphatic rings. The molecule has 2 aliphatic heterocycles. The Bertz CT molecular complexity index is 935. The van der Waals surface area contributed by atoms with E-state index in [2.05, 4.69) is 12.2 Å². The lowest BCUT2D eigenvalue weighted by Crippen LogP contribution is -2.54. The third-order valence-corrected chi connectivity index (χ3v) is 6.79. The molecule has 1 fully saturated rings. The number of rotatable bonds is 9. The normalized spacial score (nSPS) is 20.0. The quantitative estimate of drug-likeness (QED) is 0.517. The Morgan fingerprint density at radius 1 is 1.26 bits per heavy atom. The molecule has 0 saturated carbocycles. The molecule has 9 heteroatoms. The number of carboxylic acid groups (broad SMARTS) is 1. The van der Waals surface area contributed by atoms with Crippen LogP contribution in [0.4, 0.5) is 10.5 Å². The number of ether oxygens (including phenoxy) is 1. The summed E-state index contributed by atoms with van der Waals surface area (Å²) in [6.45, 7) is 12.6. The fraction of sp³-hybridized carbons (Fsp3) is 0.654. The minimum absolute atomic E-state index is 0.103. The van der Waals surface area contributed by atoms with E-state index in [1.807, 2.05) is 31.7 Å². The Morgan fingerprint density at radius 2 is 2.00 bits per heavy atom. The largest absolute Gasteiger partial charge is 0.479 e. The molecular formula is C26H40N4O5. The lowest BCUT2D eigenvalue weighted by Gasteiger charge is -2.41. The van der Waals surface area contributed by atoms with Crippen molar-refractivity contribution >= 4 is 23.6 Å². The lowest BCUT2D eigenvalue weighted by molar-refractivity contribution is -0.125. The van der Waals surface area contributed by atoms with Gasteiger partial charge in [-0.15, -0.1) is 0 Å². The van der Waals surface area contributed by atoms with E-state index in [0.29, 0.717) is 49.6 Å². The number of carbonyl (C=O) groups is 3. The standard InChI is InChI=1S/C26H40N4O5/c1-6-10-27-11-13-29-22-15-21(19(7-2)14-23(22)35-18(5)24(29)31)25(32)30(17(3)4)20-9-8-12-28(16-20)26(33)34/h14-15,17-18,20,27H,6-13,16H2,1-5H3,(H,33,34)/t18-,20-/m1/s1. The number of anilines is 1. The van der Waals surface area contributed by atoms with E-state index in [1.54, 1.807) is 17.9 Å². The second-order valence-corrected chi connectivity index (χ2v) is 9.66. The predicted octanol–water partition coefficient (Wildman–Crippen LogP) is 3.36. The van der Waals surface area contributed by atoms with E-state index >= 15 is 0 Å². The van der Waals surface area contributed by atoms with Gasteiger partial charge in [-0.05, 0) is 70.7 Å². The predicted molar refractivity (Wildman–Crippen MR) is 135 cm³/mol. The molecule has 3 amide bonds. The first-order valence-electron chi connectivity index (χ1n) is 12.9. The number of fused-ring (bicyclic) bond motifs is 1. The van der Waals surface area contributed by atoms with Crippen LogP contribution >= 0.6 is 0 Å². The zero-order valence-corrected chi connectivity index (χ0v) is 21.7. The van der Waals surface area contributed by atoms with Crippen molar-refractivity contribution in [2.75, 3.05) is 37.6 Å². The maximum Gasteiger partial charge on any atom is 0.407 e. The van der Waals surface area contributed by atoms with Crippen molar-refractivity contribution in [3.63, 3.8) is 0 Å². The molecular weight excluding hydrogens is 448 g/mol. The van der Waals surface area contributed by atoms with E-state index in [1.165, 1.54) is 4.90 Å². The molecule has 1 aromatic carbocycles. The Morgan fingerprint density at radius 3 is 2.63 bits per heavy atom. The van der Waals surface area contributed by atoms with Crippen LogP contribution in [0.25, 0.3) is 0 Å². The zero-order chi connectivity index (χ0) is 25.7. The monoisotopic (exact) mass is 488 g/mol. The Hall–Kier alpha value is -2.81. The highest BCUT2D eigenvalue weighted by molar-refractivity contribution is 6.03. The van der Waals surface area contributed by atoms with E-state index in [9.17, 15) is 19.5 Å². The van der Waals surface area contributed by atoms with E-state index in [-0.39, 0.29) is 23.9 Å². The molecule has 0 aromatic heterocycles. The number of amides is 3. The summed E-state index contributed by atoms with van der Waals surface area (Å²) in [4.78, 5) is 43.5. The number of likely N-dealkylation sites (tertiary alicyclic amines) is 1. The molecule has 194 valence electrons. The molecule has 1 saturated heterocycles. The second-order valence-electron chi connectivity index (χ2n) is 9.66. The van der Waals surface area contributed by atoms with Crippen molar-refractivity contribution in [1.29, 1.82) is 0 Å². The molecule has 2 atom stereocenters. The molecule has 9 nitrogen and oxygen atoms in total. The smallest absolute Gasteiger partial charge is 0.407 e. The average molecular weight is 489 g/mol. The number of piperidine rings is 1. The topological polar surface area (TPSA) is 102 Å². The summed E-state index contributed by atoms with van der Waals surface area (Å²) in [6.07, 6.45) is 1.58. The van der Waals surface area contributed by atoms with Gasteiger partial charge in [0, 0.05) is 37.8 Å². The third kappa shape index (κ3) is 5.89. The SMILES string of the molecule is CCCNCCN1C(=O)[C@@H](C)Oc2cc(CC)c(C(=O)N(C(C)C)[C@@H]3CCCN(C(=O)O)C3)cc21. The van der Waals surface area contributed by atoms with Gasteiger partial charge in [0.05, 0.1) is 11.7 Å². The lowest BCUT2D eigenvalue weighted by atomic mass is 9.97. The van der Waals surface area contributed by atoms with Crippen LogP contribution in [0.1, 0.15) is 69.8 Å². The van der Waals surface area contributed by atoms with Crippen molar-refractivity contribution in [1.82, 2.24) is 15.1 Å². The summed E-state index contributed by atoms with van der Waals surface area (Å²) >= 11 is 0. The summed E-state index contributed by atoms with van der Waals surface area (Å²) in [5.41, 5.74) is 2.02. The van der Waals surface area contributed by atoms with Gasteiger partial charge in [0.1, 0.15) is 5.75 Å². The first-order valence-corrected chi connectivity index (χ1v) is 12.9. The van der Waals surface area contributed by atoms with Crippen LogP contribution in [0.5, 0.6) is 5.75 Å². The average Bonchev–Trinajstić information content (AvgIpc) is 2.83. The maximum absolute atomic E-state index is 14.0. The number of hydrogen-bond acceptors (Lipinski definition) is 5. The first-order chi connectivity index (χ1) is 16.7. The number of nitrogens with zero attached hydrogens (tertiary/aromatic N) is 3. The molecule has 1 aromatic rings. The summed E-state index contributed by atoms with van der Waals surface area (Å²) in [6, 6.07) is 3.39. The van der Waals surface area contributed by atoms with Gasteiger partial charge in [-0.3, -0.25) is 9.59 Å². The first kappa shape index (κ1) is 26.8. The Balaban J connectivity index is 1.97. The number of aryl methyl sites for hydroxylation is 1. The van der Waals surface area contributed by atoms with Gasteiger partial charge < -0.3 is 29.9 Å². The summed E-state index contributed by atoms with van der Waals surface area (Å²) < 4.78 is 5.94.